The largest absolute Gasteiger partial charge is 0.462 e. The van der Waals surface area contributed by atoms with Crippen LogP contribution in [0.25, 0.3) is 0 Å². The molecule has 1 aromatic heterocycles. The van der Waals surface area contributed by atoms with Gasteiger partial charge in [0.05, 0.1) is 12.3 Å². The Morgan fingerprint density at radius 1 is 1.52 bits per heavy atom. The number of nitrogens with zero attached hydrogens (tertiary/aromatic N) is 4. The van der Waals surface area contributed by atoms with Gasteiger partial charge in [-0.1, -0.05) is 5.21 Å². The predicted octanol–water partition coefficient (Wildman–Crippen LogP) is 0.496. The number of carbonyl (C=O) groups excluding carboxylic acids is 2. The average Bonchev–Trinajstić information content (AvgIpc) is 3.10. The van der Waals surface area contributed by atoms with Crippen molar-refractivity contribution in [3.63, 3.8) is 0 Å². The number of Topliss-reactive ketones (excluding diaryl/α,β-unsaturated/α-hetero) is 1. The van der Waals surface area contributed by atoms with E-state index in [1.54, 1.807) is 43.8 Å². The van der Waals surface area contributed by atoms with Crippen molar-refractivity contribution in [2.45, 2.75) is 19.3 Å². The summed E-state index contributed by atoms with van der Waals surface area (Å²) in [6, 6.07) is 0. The summed E-state index contributed by atoms with van der Waals surface area (Å²) >= 11 is 0. The molecule has 1 aliphatic rings. The van der Waals surface area contributed by atoms with E-state index in [0.717, 1.165) is 5.69 Å². The molecule has 2 atom stereocenters. The highest BCUT2D eigenvalue weighted by atomic mass is 16.5. The topological polar surface area (TPSA) is 77.3 Å². The smallest absolute Gasteiger partial charge is 0.343 e. The standard InChI is InChI=1S/C14H20N4O3/c1-5-21-14(20)11(7-17(2)3)13(19)10-6-9(10)12-8-18(4)16-15-12/h7-10H,5-6H2,1-4H3. The minimum absolute atomic E-state index is 0.0474. The van der Waals surface area contributed by atoms with E-state index >= 15 is 0 Å². The van der Waals surface area contributed by atoms with E-state index in [-0.39, 0.29) is 29.8 Å². The lowest BCUT2D eigenvalue weighted by molar-refractivity contribution is -0.140. The molecule has 0 N–H and O–H groups in total. The Balaban J connectivity index is 2.12. The van der Waals surface area contributed by atoms with E-state index < -0.39 is 5.97 Å². The van der Waals surface area contributed by atoms with Crippen LogP contribution >= 0.6 is 0 Å². The lowest BCUT2D eigenvalue weighted by Gasteiger charge is -2.10. The summed E-state index contributed by atoms with van der Waals surface area (Å²) in [5.41, 5.74) is 0.891. The Morgan fingerprint density at radius 3 is 2.76 bits per heavy atom. The molecule has 2 unspecified atom stereocenters. The maximum absolute atomic E-state index is 12.5. The first-order chi connectivity index (χ1) is 9.93. The van der Waals surface area contributed by atoms with Crippen LogP contribution in [0, 0.1) is 5.92 Å². The van der Waals surface area contributed by atoms with Crippen LogP contribution in [0.1, 0.15) is 25.0 Å². The van der Waals surface area contributed by atoms with Crippen molar-refractivity contribution < 1.29 is 14.3 Å². The second-order valence-electron chi connectivity index (χ2n) is 5.36. The molecule has 0 radical (unpaired) electrons. The normalized spacial score (nSPS) is 21.0. The van der Waals surface area contributed by atoms with Crippen LogP contribution in [-0.2, 0) is 21.4 Å². The van der Waals surface area contributed by atoms with E-state index in [9.17, 15) is 9.59 Å². The first kappa shape index (κ1) is 15.2. The molecule has 21 heavy (non-hydrogen) atoms. The molecule has 114 valence electrons. The average molecular weight is 292 g/mol. The van der Waals surface area contributed by atoms with E-state index in [0.29, 0.717) is 6.42 Å². The highest BCUT2D eigenvalue weighted by Crippen LogP contribution is 2.48. The molecule has 0 aromatic carbocycles. The van der Waals surface area contributed by atoms with Crippen LogP contribution in [0.15, 0.2) is 18.0 Å². The molecular weight excluding hydrogens is 272 g/mol. The van der Waals surface area contributed by atoms with E-state index in [1.165, 1.54) is 6.20 Å². The molecule has 0 spiro atoms. The van der Waals surface area contributed by atoms with Crippen LogP contribution in [0.4, 0.5) is 0 Å². The molecule has 1 heterocycles. The molecular formula is C14H20N4O3. The summed E-state index contributed by atoms with van der Waals surface area (Å²) in [5, 5.41) is 7.90. The van der Waals surface area contributed by atoms with Gasteiger partial charge in [-0.3, -0.25) is 9.48 Å². The lowest BCUT2D eigenvalue weighted by Crippen LogP contribution is -2.20. The van der Waals surface area contributed by atoms with Crippen molar-refractivity contribution in [3.05, 3.63) is 23.7 Å². The summed E-state index contributed by atoms with van der Waals surface area (Å²) in [4.78, 5) is 26.1. The number of esters is 1. The third-order valence-electron chi connectivity index (χ3n) is 3.28. The Labute approximate surface area is 123 Å². The van der Waals surface area contributed by atoms with Gasteiger partial charge < -0.3 is 9.64 Å². The van der Waals surface area contributed by atoms with Crippen molar-refractivity contribution in [1.29, 1.82) is 0 Å². The molecule has 1 aromatic rings. The van der Waals surface area contributed by atoms with E-state index in [1.807, 2.05) is 0 Å². The van der Waals surface area contributed by atoms with E-state index in [2.05, 4.69) is 10.3 Å². The molecule has 1 fully saturated rings. The molecule has 0 aliphatic heterocycles. The van der Waals surface area contributed by atoms with Crippen LogP contribution in [0.5, 0.6) is 0 Å². The Hall–Kier alpha value is -2.18. The summed E-state index contributed by atoms with van der Waals surface area (Å²) in [6.45, 7) is 1.96. The van der Waals surface area contributed by atoms with Crippen molar-refractivity contribution in [2.24, 2.45) is 13.0 Å². The van der Waals surface area contributed by atoms with Crippen LogP contribution < -0.4 is 0 Å². The number of rotatable bonds is 6. The van der Waals surface area contributed by atoms with Crippen LogP contribution in [-0.4, -0.2) is 52.3 Å². The van der Waals surface area contributed by atoms with Crippen LogP contribution in [0.2, 0.25) is 0 Å². The van der Waals surface area contributed by atoms with E-state index in [4.69, 9.17) is 4.74 Å². The minimum Gasteiger partial charge on any atom is -0.462 e. The lowest BCUT2D eigenvalue weighted by atomic mass is 10.1. The molecule has 2 rings (SSSR count). The van der Waals surface area contributed by atoms with Gasteiger partial charge in [0.2, 0.25) is 0 Å². The van der Waals surface area contributed by atoms with Gasteiger partial charge in [0, 0.05) is 45.4 Å². The second kappa shape index (κ2) is 6.07. The van der Waals surface area contributed by atoms with Gasteiger partial charge in [-0.15, -0.1) is 5.10 Å². The summed E-state index contributed by atoms with van der Waals surface area (Å²) in [5.74, 6) is -0.915. The van der Waals surface area contributed by atoms with Gasteiger partial charge in [0.1, 0.15) is 5.57 Å². The predicted molar refractivity (Wildman–Crippen MR) is 75.3 cm³/mol. The zero-order chi connectivity index (χ0) is 15.6. The van der Waals surface area contributed by atoms with Crippen molar-refractivity contribution in [3.8, 4) is 0 Å². The molecule has 1 aliphatic carbocycles. The fourth-order valence-corrected chi connectivity index (χ4v) is 2.23. The molecule has 7 nitrogen and oxygen atoms in total. The minimum atomic E-state index is -0.569. The summed E-state index contributed by atoms with van der Waals surface area (Å²) in [6.07, 6.45) is 4.02. The number of aromatic nitrogens is 3. The maximum atomic E-state index is 12.5. The molecule has 7 heteroatoms. The molecule has 0 bridgehead atoms. The monoisotopic (exact) mass is 292 g/mol. The molecule has 1 saturated carbocycles. The highest BCUT2D eigenvalue weighted by Gasteiger charge is 2.47. The Morgan fingerprint density at radius 2 is 2.24 bits per heavy atom. The fourth-order valence-electron chi connectivity index (χ4n) is 2.23. The van der Waals surface area contributed by atoms with Gasteiger partial charge in [0.25, 0.3) is 0 Å². The maximum Gasteiger partial charge on any atom is 0.343 e. The number of hydrogen-bond donors (Lipinski definition) is 0. The number of carbonyl (C=O) groups is 2. The number of aryl methyl sites for hydroxylation is 1. The van der Waals surface area contributed by atoms with Gasteiger partial charge >= 0.3 is 5.97 Å². The van der Waals surface area contributed by atoms with Gasteiger partial charge in [-0.25, -0.2) is 4.79 Å². The second-order valence-corrected chi connectivity index (χ2v) is 5.36. The Bertz CT molecular complexity index is 577. The third kappa shape index (κ3) is 3.48. The summed E-state index contributed by atoms with van der Waals surface area (Å²) < 4.78 is 6.57. The number of ketones is 1. The molecule has 0 amide bonds. The quantitative estimate of drug-likeness (QED) is 0.329. The first-order valence-electron chi connectivity index (χ1n) is 6.89. The Kier molecular flexibility index (Phi) is 4.40. The third-order valence-corrected chi connectivity index (χ3v) is 3.28. The van der Waals surface area contributed by atoms with Gasteiger partial charge in [-0.2, -0.15) is 0 Å². The zero-order valence-corrected chi connectivity index (χ0v) is 12.7. The first-order valence-corrected chi connectivity index (χ1v) is 6.89. The van der Waals surface area contributed by atoms with Crippen molar-refractivity contribution >= 4 is 11.8 Å². The summed E-state index contributed by atoms with van der Waals surface area (Å²) in [7, 11) is 5.31. The number of ether oxygens (including phenoxy) is 1. The zero-order valence-electron chi connectivity index (χ0n) is 12.7. The fraction of sp³-hybridized carbons (Fsp3) is 0.571. The van der Waals surface area contributed by atoms with Gasteiger partial charge in [-0.05, 0) is 13.3 Å². The number of hydrogen-bond acceptors (Lipinski definition) is 6. The van der Waals surface area contributed by atoms with Crippen molar-refractivity contribution in [1.82, 2.24) is 19.9 Å². The van der Waals surface area contributed by atoms with Gasteiger partial charge in [0.15, 0.2) is 5.78 Å². The highest BCUT2D eigenvalue weighted by molar-refractivity contribution is 6.19. The SMILES string of the molecule is CCOC(=O)C(=CN(C)C)C(=O)C1CC1c1cn(C)nn1. The molecule has 0 saturated heterocycles. The van der Waals surface area contributed by atoms with Crippen molar-refractivity contribution in [2.75, 3.05) is 20.7 Å². The van der Waals surface area contributed by atoms with Crippen LogP contribution in [0.3, 0.4) is 0 Å².